The molecule has 7 nitrogen and oxygen atoms in total. The molecular formula is C20H29Cl2FN6O. The van der Waals surface area contributed by atoms with E-state index in [1.165, 1.54) is 12.1 Å². The van der Waals surface area contributed by atoms with Gasteiger partial charge in [-0.1, -0.05) is 5.21 Å². The molecule has 166 valence electrons. The van der Waals surface area contributed by atoms with Crippen LogP contribution >= 0.6 is 24.8 Å². The van der Waals surface area contributed by atoms with Gasteiger partial charge < -0.3 is 15.5 Å². The Morgan fingerprint density at radius 3 is 2.60 bits per heavy atom. The fraction of sp³-hybridized carbons (Fsp3) is 0.550. The summed E-state index contributed by atoms with van der Waals surface area (Å²) in [7, 11) is 0. The molecule has 30 heavy (non-hydrogen) atoms. The molecule has 1 aromatic carbocycles. The normalized spacial score (nSPS) is 19.1. The summed E-state index contributed by atoms with van der Waals surface area (Å²) in [6, 6.07) is 6.89. The molecule has 1 aromatic heterocycles. The van der Waals surface area contributed by atoms with Crippen molar-refractivity contribution in [3.05, 3.63) is 41.5 Å². The second-order valence-electron chi connectivity index (χ2n) is 7.74. The first-order valence-corrected chi connectivity index (χ1v) is 10.0. The number of amides is 1. The van der Waals surface area contributed by atoms with E-state index in [2.05, 4.69) is 25.8 Å². The molecule has 3 heterocycles. The smallest absolute Gasteiger partial charge is 0.273 e. The largest absolute Gasteiger partial charge is 0.371 e. The van der Waals surface area contributed by atoms with Gasteiger partial charge >= 0.3 is 0 Å². The maximum Gasteiger partial charge on any atom is 0.273 e. The molecule has 0 saturated carbocycles. The zero-order valence-electron chi connectivity index (χ0n) is 17.0. The number of nitrogens with zero attached hydrogens (tertiary/aromatic N) is 4. The Morgan fingerprint density at radius 1 is 1.20 bits per heavy atom. The zero-order valence-corrected chi connectivity index (χ0v) is 18.6. The minimum atomic E-state index is -0.223. The first kappa shape index (κ1) is 24.4. The molecule has 1 atom stereocenters. The summed E-state index contributed by atoms with van der Waals surface area (Å²) in [6.07, 6.45) is 3.01. The van der Waals surface area contributed by atoms with Gasteiger partial charge in [-0.05, 0) is 69.5 Å². The maximum absolute atomic E-state index is 13.1. The van der Waals surface area contributed by atoms with Crippen LogP contribution in [0, 0.1) is 18.7 Å². The second kappa shape index (κ2) is 10.9. The van der Waals surface area contributed by atoms with Gasteiger partial charge in [0, 0.05) is 25.3 Å². The average molecular weight is 459 g/mol. The van der Waals surface area contributed by atoms with Crippen LogP contribution in [0.5, 0.6) is 0 Å². The molecule has 0 spiro atoms. The van der Waals surface area contributed by atoms with Crippen LogP contribution in [-0.4, -0.2) is 53.6 Å². The molecule has 1 unspecified atom stereocenters. The van der Waals surface area contributed by atoms with E-state index in [1.807, 2.05) is 11.6 Å². The highest BCUT2D eigenvalue weighted by Crippen LogP contribution is 2.24. The summed E-state index contributed by atoms with van der Waals surface area (Å²) < 4.78 is 15.0. The fourth-order valence-electron chi connectivity index (χ4n) is 4.16. The number of carbonyl (C=O) groups excluding carboxylic acids is 1. The van der Waals surface area contributed by atoms with Crippen molar-refractivity contribution in [1.82, 2.24) is 25.6 Å². The Balaban J connectivity index is 0.00000160. The molecule has 0 aliphatic carbocycles. The number of piperidine rings is 1. The zero-order chi connectivity index (χ0) is 19.5. The average Bonchev–Trinajstić information content (AvgIpc) is 3.34. The van der Waals surface area contributed by atoms with Crippen LogP contribution in [0.4, 0.5) is 10.1 Å². The molecule has 0 bridgehead atoms. The third-order valence-electron chi connectivity index (χ3n) is 5.83. The topological polar surface area (TPSA) is 75.1 Å². The number of carbonyl (C=O) groups is 1. The van der Waals surface area contributed by atoms with Crippen molar-refractivity contribution in [2.75, 3.05) is 37.6 Å². The predicted octanol–water partition coefficient (Wildman–Crippen LogP) is 2.75. The van der Waals surface area contributed by atoms with Gasteiger partial charge in [-0.3, -0.25) is 4.79 Å². The monoisotopic (exact) mass is 458 g/mol. The second-order valence-corrected chi connectivity index (χ2v) is 7.74. The lowest BCUT2D eigenvalue weighted by Gasteiger charge is -2.23. The summed E-state index contributed by atoms with van der Waals surface area (Å²) in [5, 5.41) is 14.7. The van der Waals surface area contributed by atoms with Gasteiger partial charge in [0.05, 0.1) is 11.7 Å². The summed E-state index contributed by atoms with van der Waals surface area (Å²) in [5.41, 5.74) is 2.28. The number of rotatable bonds is 5. The SMILES string of the molecule is Cc1c(C(=O)NCC2CCN(c3ccc(F)cc3)C2)nnn1C1CCNCC1.Cl.Cl. The Morgan fingerprint density at radius 2 is 1.90 bits per heavy atom. The first-order valence-electron chi connectivity index (χ1n) is 10.0. The Labute approximate surface area is 188 Å². The highest BCUT2D eigenvalue weighted by molar-refractivity contribution is 5.93. The van der Waals surface area contributed by atoms with E-state index in [0.717, 1.165) is 56.8 Å². The molecule has 2 aliphatic heterocycles. The van der Waals surface area contributed by atoms with Crippen molar-refractivity contribution in [2.24, 2.45) is 5.92 Å². The van der Waals surface area contributed by atoms with E-state index in [-0.39, 0.29) is 36.5 Å². The number of aromatic nitrogens is 3. The third-order valence-corrected chi connectivity index (χ3v) is 5.83. The van der Waals surface area contributed by atoms with Crippen molar-refractivity contribution in [3.63, 3.8) is 0 Å². The summed E-state index contributed by atoms with van der Waals surface area (Å²) in [6.45, 7) is 6.23. The van der Waals surface area contributed by atoms with Crippen LogP contribution in [-0.2, 0) is 0 Å². The minimum absolute atomic E-state index is 0. The van der Waals surface area contributed by atoms with Crippen molar-refractivity contribution in [3.8, 4) is 0 Å². The van der Waals surface area contributed by atoms with Crippen LogP contribution in [0.3, 0.4) is 0 Å². The molecular weight excluding hydrogens is 430 g/mol. The van der Waals surface area contributed by atoms with E-state index in [0.29, 0.717) is 24.2 Å². The summed E-state index contributed by atoms with van der Waals surface area (Å²) in [4.78, 5) is 14.8. The highest BCUT2D eigenvalue weighted by atomic mass is 35.5. The molecule has 10 heteroatoms. The standard InChI is InChI=1S/C20H27FN6O.2ClH/c1-14-19(24-25-27(14)18-6-9-22-10-7-18)20(28)23-12-15-8-11-26(13-15)17-4-2-16(21)3-5-17;;/h2-5,15,18,22H,6-13H2,1H3,(H,23,28);2*1H. The number of halogens is 3. The van der Waals surface area contributed by atoms with Crippen molar-refractivity contribution >= 4 is 36.4 Å². The minimum Gasteiger partial charge on any atom is -0.371 e. The number of hydrogen-bond acceptors (Lipinski definition) is 5. The van der Waals surface area contributed by atoms with Gasteiger partial charge in [0.15, 0.2) is 5.69 Å². The predicted molar refractivity (Wildman–Crippen MR) is 119 cm³/mol. The van der Waals surface area contributed by atoms with Gasteiger partial charge in [-0.2, -0.15) is 0 Å². The van der Waals surface area contributed by atoms with Crippen LogP contribution < -0.4 is 15.5 Å². The number of nitrogens with one attached hydrogen (secondary N) is 2. The van der Waals surface area contributed by atoms with Crippen molar-refractivity contribution in [2.45, 2.75) is 32.2 Å². The van der Waals surface area contributed by atoms with Crippen molar-refractivity contribution in [1.29, 1.82) is 0 Å². The van der Waals surface area contributed by atoms with E-state index >= 15 is 0 Å². The first-order chi connectivity index (χ1) is 13.6. The summed E-state index contributed by atoms with van der Waals surface area (Å²) >= 11 is 0. The van der Waals surface area contributed by atoms with Gasteiger partial charge in [0.2, 0.25) is 0 Å². The molecule has 2 aromatic rings. The molecule has 4 rings (SSSR count). The van der Waals surface area contributed by atoms with Gasteiger partial charge in [0.1, 0.15) is 5.82 Å². The molecule has 1 amide bonds. The Bertz CT molecular complexity index is 825. The van der Waals surface area contributed by atoms with E-state index in [4.69, 9.17) is 0 Å². The van der Waals surface area contributed by atoms with Crippen molar-refractivity contribution < 1.29 is 9.18 Å². The highest BCUT2D eigenvalue weighted by Gasteiger charge is 2.26. The molecule has 2 aliphatic rings. The third kappa shape index (κ3) is 5.42. The molecule has 2 fully saturated rings. The van der Waals surface area contributed by atoms with E-state index < -0.39 is 0 Å². The Kier molecular flexibility index (Phi) is 8.88. The maximum atomic E-state index is 13.1. The van der Waals surface area contributed by atoms with Crippen LogP contribution in [0.25, 0.3) is 0 Å². The quantitative estimate of drug-likeness (QED) is 0.720. The lowest BCUT2D eigenvalue weighted by molar-refractivity contribution is 0.0942. The van der Waals surface area contributed by atoms with Gasteiger partial charge in [0.25, 0.3) is 5.91 Å². The molecule has 2 N–H and O–H groups in total. The van der Waals surface area contributed by atoms with Gasteiger partial charge in [-0.25, -0.2) is 9.07 Å². The molecule has 0 radical (unpaired) electrons. The number of anilines is 1. The lowest BCUT2D eigenvalue weighted by Crippen LogP contribution is -2.32. The van der Waals surface area contributed by atoms with Crippen LogP contribution in [0.2, 0.25) is 0 Å². The molecule has 2 saturated heterocycles. The lowest BCUT2D eigenvalue weighted by atomic mass is 10.1. The van der Waals surface area contributed by atoms with Crippen LogP contribution in [0.1, 0.15) is 41.5 Å². The fourth-order valence-corrected chi connectivity index (χ4v) is 4.16. The number of hydrogen-bond donors (Lipinski definition) is 2. The Hall–Kier alpha value is -1.90. The van der Waals surface area contributed by atoms with Gasteiger partial charge in [-0.15, -0.1) is 29.9 Å². The van der Waals surface area contributed by atoms with E-state index in [9.17, 15) is 9.18 Å². The number of benzene rings is 1. The van der Waals surface area contributed by atoms with E-state index in [1.54, 1.807) is 12.1 Å². The summed E-state index contributed by atoms with van der Waals surface area (Å²) in [5.74, 6) is -0.00800. The van der Waals surface area contributed by atoms with Crippen LogP contribution in [0.15, 0.2) is 24.3 Å².